The van der Waals surface area contributed by atoms with Gasteiger partial charge in [0.25, 0.3) is 5.56 Å². The number of anilines is 1. The zero-order valence-corrected chi connectivity index (χ0v) is 23.8. The summed E-state index contributed by atoms with van der Waals surface area (Å²) in [5, 5.41) is 16.6. The molecule has 3 heterocycles. The van der Waals surface area contributed by atoms with Crippen LogP contribution in [-0.4, -0.2) is 44.2 Å². The molecular weight excluding hydrogens is 544 g/mol. The van der Waals surface area contributed by atoms with E-state index in [1.54, 1.807) is 37.6 Å². The number of aryl methyl sites for hydroxylation is 2. The number of oxime groups is 1. The van der Waals surface area contributed by atoms with Crippen molar-refractivity contribution in [2.75, 3.05) is 11.9 Å². The Balaban J connectivity index is 0.000000230. The fourth-order valence-electron chi connectivity index (χ4n) is 3.31. The van der Waals surface area contributed by atoms with Crippen molar-refractivity contribution in [1.29, 1.82) is 0 Å². The highest BCUT2D eigenvalue weighted by atomic mass is 35.5. The van der Waals surface area contributed by atoms with Crippen molar-refractivity contribution in [1.82, 2.24) is 9.55 Å². The predicted molar refractivity (Wildman–Crippen MR) is 155 cm³/mol. The maximum atomic E-state index is 11.5. The number of rotatable bonds is 6. The standard InChI is InChI=1S/C17H19ClN2O2S.C10H12N2O4/c1-11-14(7-8-21-11)16(23)20-13-5-6-15(18)12(9-13)10-19-22-17(2,3)4;1-6-4-12(10(15)11-9(6)14)8-3-2-7(5-13)16-8/h5-10H,1-4H3,(H,20,23);2-4,7-8,13H,5H2,1H3,(H,11,14,15)/b19-10+;/t;7-,8+/m.0/s1. The molecule has 0 radical (unpaired) electrons. The Morgan fingerprint density at radius 2 is 2.03 bits per heavy atom. The Morgan fingerprint density at radius 1 is 1.28 bits per heavy atom. The quantitative estimate of drug-likeness (QED) is 0.170. The summed E-state index contributed by atoms with van der Waals surface area (Å²) in [5.74, 6) is 0.775. The molecule has 2 atom stereocenters. The smallest absolute Gasteiger partial charge is 0.330 e. The lowest BCUT2D eigenvalue weighted by molar-refractivity contribution is -0.0104. The minimum atomic E-state index is -0.569. The van der Waals surface area contributed by atoms with E-state index in [1.165, 1.54) is 10.8 Å². The minimum Gasteiger partial charge on any atom is -0.469 e. The first-order valence-electron chi connectivity index (χ1n) is 12.0. The molecule has 10 nitrogen and oxygen atoms in total. The Labute approximate surface area is 235 Å². The van der Waals surface area contributed by atoms with Crippen molar-refractivity contribution in [2.24, 2.45) is 5.16 Å². The van der Waals surface area contributed by atoms with Crippen molar-refractivity contribution < 1.29 is 19.1 Å². The van der Waals surface area contributed by atoms with Gasteiger partial charge in [-0.25, -0.2) is 4.79 Å². The molecule has 0 spiro atoms. The van der Waals surface area contributed by atoms with Crippen molar-refractivity contribution in [3.63, 3.8) is 0 Å². The molecule has 0 bridgehead atoms. The van der Waals surface area contributed by atoms with Crippen LogP contribution in [0.15, 0.2) is 68.0 Å². The number of aromatic amines is 1. The van der Waals surface area contributed by atoms with E-state index >= 15 is 0 Å². The Morgan fingerprint density at radius 3 is 2.64 bits per heavy atom. The van der Waals surface area contributed by atoms with E-state index in [0.717, 1.165) is 22.6 Å². The third-order valence-electron chi connectivity index (χ3n) is 5.28. The van der Waals surface area contributed by atoms with Gasteiger partial charge in [-0.1, -0.05) is 35.1 Å². The number of ether oxygens (including phenoxy) is 1. The first-order valence-corrected chi connectivity index (χ1v) is 12.8. The van der Waals surface area contributed by atoms with E-state index in [9.17, 15) is 9.59 Å². The number of nitrogens with one attached hydrogen (secondary N) is 2. The van der Waals surface area contributed by atoms with Gasteiger partial charge in [0.1, 0.15) is 22.5 Å². The first-order chi connectivity index (χ1) is 18.4. The molecule has 2 aromatic heterocycles. The largest absolute Gasteiger partial charge is 0.469 e. The molecule has 0 saturated carbocycles. The zero-order chi connectivity index (χ0) is 28.7. The SMILES string of the molecule is Cc1cn([C@H]2C=C[C@@H](CO)O2)c(=O)[nH]c1=O.Cc1occc1C(=S)Nc1ccc(Cl)c(/C=N/OC(C)(C)C)c1. The Kier molecular flexibility index (Phi) is 10.0. The van der Waals surface area contributed by atoms with Crippen LogP contribution in [0.3, 0.4) is 0 Å². The number of aliphatic hydroxyl groups excluding tert-OH is 1. The summed E-state index contributed by atoms with van der Waals surface area (Å²) in [5.41, 5.74) is 1.58. The predicted octanol–water partition coefficient (Wildman–Crippen LogP) is 4.47. The van der Waals surface area contributed by atoms with Crippen LogP contribution < -0.4 is 16.6 Å². The molecule has 0 unspecified atom stereocenters. The summed E-state index contributed by atoms with van der Waals surface area (Å²) in [4.78, 5) is 30.8. The van der Waals surface area contributed by atoms with Crippen LogP contribution in [0.25, 0.3) is 0 Å². The fourth-order valence-corrected chi connectivity index (χ4v) is 3.80. The van der Waals surface area contributed by atoms with Crippen LogP contribution in [0.1, 0.15) is 49.4 Å². The third kappa shape index (κ3) is 8.49. The molecular formula is C27H31ClN4O6S. The number of thiocarbonyl (C=S) groups is 1. The Bertz CT molecular complexity index is 1480. The number of halogens is 1. The van der Waals surface area contributed by atoms with Crippen molar-refractivity contribution >= 4 is 40.7 Å². The number of benzene rings is 1. The van der Waals surface area contributed by atoms with E-state index in [4.69, 9.17) is 42.9 Å². The molecule has 3 N–H and O–H groups in total. The number of H-pyrrole nitrogens is 1. The van der Waals surface area contributed by atoms with Gasteiger partial charge in [0, 0.05) is 28.0 Å². The monoisotopic (exact) mass is 574 g/mol. The summed E-state index contributed by atoms with van der Waals surface area (Å²) < 4.78 is 11.9. The second kappa shape index (κ2) is 13.0. The molecule has 1 aliphatic rings. The number of nitrogens with zero attached hydrogens (tertiary/aromatic N) is 2. The summed E-state index contributed by atoms with van der Waals surface area (Å²) in [6.07, 6.45) is 7.02. The van der Waals surface area contributed by atoms with Crippen molar-refractivity contribution in [3.8, 4) is 0 Å². The van der Waals surface area contributed by atoms with Crippen molar-refractivity contribution in [2.45, 2.75) is 52.6 Å². The van der Waals surface area contributed by atoms with Gasteiger partial charge in [-0.3, -0.25) is 14.3 Å². The van der Waals surface area contributed by atoms with Gasteiger partial charge < -0.3 is 24.4 Å². The molecule has 0 saturated heterocycles. The molecule has 1 aliphatic heterocycles. The van der Waals surface area contributed by atoms with Crippen LogP contribution in [0.2, 0.25) is 5.02 Å². The van der Waals surface area contributed by atoms with E-state index in [-0.39, 0.29) is 12.2 Å². The summed E-state index contributed by atoms with van der Waals surface area (Å²) in [6.45, 7) is 9.12. The molecule has 0 aliphatic carbocycles. The van der Waals surface area contributed by atoms with Gasteiger partial charge in [-0.15, -0.1) is 0 Å². The molecule has 208 valence electrons. The highest BCUT2D eigenvalue weighted by molar-refractivity contribution is 7.81. The highest BCUT2D eigenvalue weighted by Gasteiger charge is 2.21. The third-order valence-corrected chi connectivity index (χ3v) is 5.95. The average Bonchev–Trinajstić information content (AvgIpc) is 3.52. The molecule has 0 fully saturated rings. The topological polar surface area (TPSA) is 131 Å². The summed E-state index contributed by atoms with van der Waals surface area (Å²) in [6, 6.07) is 7.33. The number of furan rings is 1. The lowest BCUT2D eigenvalue weighted by Gasteiger charge is -2.15. The van der Waals surface area contributed by atoms with E-state index in [0.29, 0.717) is 15.6 Å². The average molecular weight is 575 g/mol. The van der Waals surface area contributed by atoms with Gasteiger partial charge in [-0.2, -0.15) is 0 Å². The molecule has 4 rings (SSSR count). The van der Waals surface area contributed by atoms with Crippen LogP contribution in [0.4, 0.5) is 5.69 Å². The van der Waals surface area contributed by atoms with Crippen LogP contribution in [0, 0.1) is 13.8 Å². The van der Waals surface area contributed by atoms with E-state index in [1.807, 2.05) is 45.9 Å². The zero-order valence-electron chi connectivity index (χ0n) is 22.2. The minimum absolute atomic E-state index is 0.135. The Hall–Kier alpha value is -3.51. The van der Waals surface area contributed by atoms with E-state index in [2.05, 4.69) is 15.5 Å². The van der Waals surface area contributed by atoms with E-state index < -0.39 is 23.6 Å². The molecule has 12 heteroatoms. The van der Waals surface area contributed by atoms with Gasteiger partial charge in [-0.05, 0) is 65.0 Å². The number of aromatic nitrogens is 2. The maximum Gasteiger partial charge on any atom is 0.330 e. The lowest BCUT2D eigenvalue weighted by atomic mass is 10.2. The normalized spacial score (nSPS) is 16.7. The second-order valence-corrected chi connectivity index (χ2v) is 10.4. The number of hydrogen-bond donors (Lipinski definition) is 3. The second-order valence-electron chi connectivity index (χ2n) is 9.63. The molecule has 39 heavy (non-hydrogen) atoms. The van der Waals surface area contributed by atoms with Crippen LogP contribution >= 0.6 is 23.8 Å². The van der Waals surface area contributed by atoms with Gasteiger partial charge in [0.05, 0.1) is 24.6 Å². The number of hydrogen-bond acceptors (Lipinski definition) is 8. The lowest BCUT2D eigenvalue weighted by Crippen LogP contribution is -2.33. The molecule has 3 aromatic rings. The van der Waals surface area contributed by atoms with Crippen molar-refractivity contribution in [3.05, 3.63) is 97.2 Å². The fraction of sp³-hybridized carbons (Fsp3) is 0.333. The number of aliphatic hydroxyl groups is 1. The molecule has 0 amide bonds. The first kappa shape index (κ1) is 30.0. The summed E-state index contributed by atoms with van der Waals surface area (Å²) >= 11 is 11.6. The van der Waals surface area contributed by atoms with Gasteiger partial charge in [0.2, 0.25) is 0 Å². The maximum absolute atomic E-state index is 11.5. The van der Waals surface area contributed by atoms with Crippen LogP contribution in [-0.2, 0) is 9.57 Å². The molecule has 1 aromatic carbocycles. The van der Waals surface area contributed by atoms with Crippen LogP contribution in [0.5, 0.6) is 0 Å². The summed E-state index contributed by atoms with van der Waals surface area (Å²) in [7, 11) is 0. The van der Waals surface area contributed by atoms with Gasteiger partial charge >= 0.3 is 5.69 Å². The van der Waals surface area contributed by atoms with Gasteiger partial charge in [0.15, 0.2) is 6.23 Å². The highest BCUT2D eigenvalue weighted by Crippen LogP contribution is 2.21.